The Balaban J connectivity index is 2.58. The molecule has 0 bridgehead atoms. The van der Waals surface area contributed by atoms with E-state index < -0.39 is 23.7 Å². The first-order valence-electron chi connectivity index (χ1n) is 6.72. The summed E-state index contributed by atoms with van der Waals surface area (Å²) in [5, 5.41) is 14.9. The molecule has 0 aromatic rings. The lowest BCUT2D eigenvalue weighted by Gasteiger charge is -2.31. The predicted octanol–water partition coefficient (Wildman–Crippen LogP) is 1.50. The number of rotatable bonds is 4. The van der Waals surface area contributed by atoms with Crippen LogP contribution in [0.5, 0.6) is 0 Å². The summed E-state index contributed by atoms with van der Waals surface area (Å²) < 4.78 is 5.17. The molecule has 0 spiro atoms. The van der Waals surface area contributed by atoms with Crippen molar-refractivity contribution < 1.29 is 19.4 Å². The minimum absolute atomic E-state index is 0.00244. The third kappa shape index (κ3) is 6.42. The largest absolute Gasteiger partial charge is 0.481 e. The monoisotopic (exact) mass is 272 g/mol. The molecule has 0 aromatic carbocycles. The van der Waals surface area contributed by atoms with Crippen LogP contribution in [0.3, 0.4) is 0 Å². The van der Waals surface area contributed by atoms with Crippen molar-refractivity contribution in [2.75, 3.05) is 6.54 Å². The molecule has 1 amide bonds. The van der Waals surface area contributed by atoms with Crippen LogP contribution < -0.4 is 10.6 Å². The number of aliphatic carboxylic acids is 1. The molecular formula is C13H24N2O4. The van der Waals surface area contributed by atoms with Gasteiger partial charge in [-0.05, 0) is 40.2 Å². The first kappa shape index (κ1) is 15.8. The molecule has 1 rings (SSSR count). The van der Waals surface area contributed by atoms with Gasteiger partial charge in [0.2, 0.25) is 0 Å². The van der Waals surface area contributed by atoms with E-state index in [1.165, 1.54) is 0 Å². The highest BCUT2D eigenvalue weighted by molar-refractivity contribution is 5.71. The first-order chi connectivity index (χ1) is 8.78. The molecule has 2 atom stereocenters. The standard InChI is InChI=1S/C13H24N2O4/c1-13(2,3)19-12(18)15-10(8-11(16)17)9-6-4-5-7-14-9/h9-10,14H,4-8H2,1-3H3,(H,15,18)(H,16,17)/t9-,10+/m0/s1. The Morgan fingerprint density at radius 3 is 2.58 bits per heavy atom. The molecule has 110 valence electrons. The predicted molar refractivity (Wildman–Crippen MR) is 71.1 cm³/mol. The number of hydrogen-bond acceptors (Lipinski definition) is 4. The molecular weight excluding hydrogens is 248 g/mol. The fourth-order valence-corrected chi connectivity index (χ4v) is 2.16. The van der Waals surface area contributed by atoms with Crippen LogP contribution in [-0.4, -0.2) is 41.4 Å². The third-order valence-electron chi connectivity index (χ3n) is 2.93. The summed E-state index contributed by atoms with van der Waals surface area (Å²) in [5.74, 6) is -0.923. The molecule has 0 aromatic heterocycles. The fourth-order valence-electron chi connectivity index (χ4n) is 2.16. The summed E-state index contributed by atoms with van der Waals surface area (Å²) in [4.78, 5) is 22.6. The molecule has 1 fully saturated rings. The second kappa shape index (κ2) is 6.75. The molecule has 1 saturated heterocycles. The molecule has 6 nitrogen and oxygen atoms in total. The van der Waals surface area contributed by atoms with E-state index >= 15 is 0 Å². The van der Waals surface area contributed by atoms with E-state index in [1.807, 2.05) is 0 Å². The Kier molecular flexibility index (Phi) is 5.60. The van der Waals surface area contributed by atoms with Gasteiger partial charge in [-0.1, -0.05) is 6.42 Å². The van der Waals surface area contributed by atoms with Gasteiger partial charge in [0.1, 0.15) is 5.60 Å². The van der Waals surface area contributed by atoms with Gasteiger partial charge in [-0.15, -0.1) is 0 Å². The van der Waals surface area contributed by atoms with Crippen molar-refractivity contribution in [1.82, 2.24) is 10.6 Å². The minimum atomic E-state index is -0.923. The number of amides is 1. The first-order valence-corrected chi connectivity index (χ1v) is 6.72. The average molecular weight is 272 g/mol. The summed E-state index contributed by atoms with van der Waals surface area (Å²) in [6.45, 7) is 6.18. The Morgan fingerprint density at radius 2 is 2.11 bits per heavy atom. The van der Waals surface area contributed by atoms with Gasteiger partial charge >= 0.3 is 12.1 Å². The molecule has 3 N–H and O–H groups in total. The number of carboxylic acid groups (broad SMARTS) is 1. The summed E-state index contributed by atoms with van der Waals surface area (Å²) in [7, 11) is 0. The second-order valence-electron chi connectivity index (χ2n) is 5.91. The van der Waals surface area contributed by atoms with Crippen molar-refractivity contribution in [3.8, 4) is 0 Å². The Bertz CT molecular complexity index is 319. The normalized spacial score (nSPS) is 21.5. The molecule has 0 unspecified atom stereocenters. The van der Waals surface area contributed by atoms with Gasteiger partial charge in [0.05, 0.1) is 12.5 Å². The zero-order chi connectivity index (χ0) is 14.5. The van der Waals surface area contributed by atoms with E-state index in [2.05, 4.69) is 10.6 Å². The van der Waals surface area contributed by atoms with Crippen molar-refractivity contribution in [3.63, 3.8) is 0 Å². The lowest BCUT2D eigenvalue weighted by molar-refractivity contribution is -0.137. The number of hydrogen-bond donors (Lipinski definition) is 3. The van der Waals surface area contributed by atoms with Crippen molar-refractivity contribution >= 4 is 12.1 Å². The van der Waals surface area contributed by atoms with Gasteiger partial charge in [-0.2, -0.15) is 0 Å². The van der Waals surface area contributed by atoms with E-state index in [0.717, 1.165) is 25.8 Å². The van der Waals surface area contributed by atoms with Gasteiger partial charge in [0, 0.05) is 6.04 Å². The highest BCUT2D eigenvalue weighted by Gasteiger charge is 2.28. The lowest BCUT2D eigenvalue weighted by atomic mass is 9.96. The number of nitrogens with one attached hydrogen (secondary N) is 2. The fraction of sp³-hybridized carbons (Fsp3) is 0.846. The summed E-state index contributed by atoms with van der Waals surface area (Å²) in [6.07, 6.45) is 2.34. The van der Waals surface area contributed by atoms with Crippen molar-refractivity contribution in [3.05, 3.63) is 0 Å². The Labute approximate surface area is 113 Å². The molecule has 1 aliphatic heterocycles. The maximum atomic E-state index is 11.7. The van der Waals surface area contributed by atoms with Gasteiger partial charge in [0.15, 0.2) is 0 Å². The van der Waals surface area contributed by atoms with Crippen LogP contribution in [0.1, 0.15) is 46.5 Å². The van der Waals surface area contributed by atoms with Gasteiger partial charge in [-0.3, -0.25) is 4.79 Å². The van der Waals surface area contributed by atoms with Crippen LogP contribution >= 0.6 is 0 Å². The number of carboxylic acids is 1. The zero-order valence-electron chi connectivity index (χ0n) is 11.9. The van der Waals surface area contributed by atoms with Crippen LogP contribution in [0, 0.1) is 0 Å². The summed E-state index contributed by atoms with van der Waals surface area (Å²) >= 11 is 0. The van der Waals surface area contributed by atoms with E-state index in [9.17, 15) is 9.59 Å². The minimum Gasteiger partial charge on any atom is -0.481 e. The zero-order valence-corrected chi connectivity index (χ0v) is 11.9. The van der Waals surface area contributed by atoms with Crippen LogP contribution in [0.15, 0.2) is 0 Å². The van der Waals surface area contributed by atoms with E-state index in [-0.39, 0.29) is 12.5 Å². The van der Waals surface area contributed by atoms with Crippen LogP contribution in [0.4, 0.5) is 4.79 Å². The van der Waals surface area contributed by atoms with Gasteiger partial charge in [-0.25, -0.2) is 4.79 Å². The number of alkyl carbamates (subject to hydrolysis) is 1. The highest BCUT2D eigenvalue weighted by atomic mass is 16.6. The number of carbonyl (C=O) groups excluding carboxylic acids is 1. The SMILES string of the molecule is CC(C)(C)OC(=O)N[C@H](CC(=O)O)[C@@H]1CCCCN1. The van der Waals surface area contributed by atoms with E-state index in [0.29, 0.717) is 0 Å². The summed E-state index contributed by atoms with van der Waals surface area (Å²) in [5.41, 5.74) is -0.585. The smallest absolute Gasteiger partial charge is 0.407 e. The van der Waals surface area contributed by atoms with Crippen LogP contribution in [0.2, 0.25) is 0 Å². The topological polar surface area (TPSA) is 87.7 Å². The number of carbonyl (C=O) groups is 2. The molecule has 0 saturated carbocycles. The van der Waals surface area contributed by atoms with Crippen molar-refractivity contribution in [2.45, 2.75) is 64.1 Å². The van der Waals surface area contributed by atoms with Gasteiger partial charge in [0.25, 0.3) is 0 Å². The molecule has 6 heteroatoms. The molecule has 19 heavy (non-hydrogen) atoms. The Hall–Kier alpha value is -1.30. The van der Waals surface area contributed by atoms with Crippen LogP contribution in [-0.2, 0) is 9.53 Å². The van der Waals surface area contributed by atoms with Crippen LogP contribution in [0.25, 0.3) is 0 Å². The molecule has 0 aliphatic carbocycles. The number of piperidine rings is 1. The van der Waals surface area contributed by atoms with Crippen molar-refractivity contribution in [2.24, 2.45) is 0 Å². The van der Waals surface area contributed by atoms with Gasteiger partial charge < -0.3 is 20.5 Å². The molecule has 0 radical (unpaired) electrons. The molecule has 1 heterocycles. The molecule has 1 aliphatic rings. The highest BCUT2D eigenvalue weighted by Crippen LogP contribution is 2.14. The Morgan fingerprint density at radius 1 is 1.42 bits per heavy atom. The lowest BCUT2D eigenvalue weighted by Crippen LogP contribution is -2.53. The van der Waals surface area contributed by atoms with E-state index in [4.69, 9.17) is 9.84 Å². The van der Waals surface area contributed by atoms with E-state index in [1.54, 1.807) is 20.8 Å². The third-order valence-corrected chi connectivity index (χ3v) is 2.93. The maximum absolute atomic E-state index is 11.7. The number of ether oxygens (including phenoxy) is 1. The van der Waals surface area contributed by atoms with Crippen molar-refractivity contribution in [1.29, 1.82) is 0 Å². The maximum Gasteiger partial charge on any atom is 0.407 e. The second-order valence-corrected chi connectivity index (χ2v) is 5.91. The summed E-state index contributed by atoms with van der Waals surface area (Å²) in [6, 6.07) is -0.440. The quantitative estimate of drug-likeness (QED) is 0.722. The average Bonchev–Trinajstić information content (AvgIpc) is 2.26.